The highest BCUT2D eigenvalue weighted by Gasteiger charge is 2.12. The van der Waals surface area contributed by atoms with Gasteiger partial charge >= 0.3 is 0 Å². The van der Waals surface area contributed by atoms with Crippen LogP contribution in [0.5, 0.6) is 0 Å². The number of aromatic nitrogens is 1. The number of ketones is 1. The van der Waals surface area contributed by atoms with Gasteiger partial charge in [-0.2, -0.15) is 0 Å². The lowest BCUT2D eigenvalue weighted by molar-refractivity contribution is 0.100. The Labute approximate surface area is 94.9 Å². The fraction of sp³-hybridized carbons (Fsp3) is 0.308. The molecule has 0 fully saturated rings. The Kier molecular flexibility index (Phi) is 2.79. The van der Waals surface area contributed by atoms with Gasteiger partial charge in [-0.1, -0.05) is 12.1 Å². The normalized spacial score (nSPS) is 10.9. The Balaban J connectivity index is 2.72. The van der Waals surface area contributed by atoms with Gasteiger partial charge in [-0.25, -0.2) is 0 Å². The summed E-state index contributed by atoms with van der Waals surface area (Å²) in [5.41, 5.74) is 8.46. The number of Topliss-reactive ketones (excluding diaryl/α,β-unsaturated/α-hetero) is 1. The van der Waals surface area contributed by atoms with Gasteiger partial charge in [0.2, 0.25) is 0 Å². The van der Waals surface area contributed by atoms with E-state index in [9.17, 15) is 4.79 Å². The van der Waals surface area contributed by atoms with Crippen molar-refractivity contribution in [3.05, 3.63) is 35.5 Å². The first-order chi connectivity index (χ1) is 7.67. The van der Waals surface area contributed by atoms with E-state index in [1.165, 1.54) is 5.56 Å². The molecule has 1 aromatic heterocycles. The molecule has 0 amide bonds. The van der Waals surface area contributed by atoms with Crippen LogP contribution < -0.4 is 5.73 Å². The smallest absolute Gasteiger partial charge is 0.178 e. The molecule has 1 heterocycles. The molecule has 0 aliphatic carbocycles. The van der Waals surface area contributed by atoms with Gasteiger partial charge in [0.15, 0.2) is 5.78 Å². The molecule has 0 unspecified atom stereocenters. The standard InChI is InChI=1S/C13H16N2O/c1-3-15-8-11(13(16)7-14)10-5-4-9(2)6-12(10)15/h4-6,8H,3,7,14H2,1-2H3. The van der Waals surface area contributed by atoms with Crippen molar-refractivity contribution in [2.45, 2.75) is 20.4 Å². The van der Waals surface area contributed by atoms with Gasteiger partial charge in [0.05, 0.1) is 6.54 Å². The molecule has 0 aliphatic heterocycles. The lowest BCUT2D eigenvalue weighted by Gasteiger charge is -2.00. The summed E-state index contributed by atoms with van der Waals surface area (Å²) in [7, 11) is 0. The zero-order valence-electron chi connectivity index (χ0n) is 9.66. The highest BCUT2D eigenvalue weighted by molar-refractivity contribution is 6.09. The van der Waals surface area contributed by atoms with E-state index >= 15 is 0 Å². The molecule has 0 atom stereocenters. The summed E-state index contributed by atoms with van der Waals surface area (Å²) in [6.45, 7) is 5.05. The first-order valence-corrected chi connectivity index (χ1v) is 5.50. The number of fused-ring (bicyclic) bond motifs is 1. The highest BCUT2D eigenvalue weighted by atomic mass is 16.1. The van der Waals surface area contributed by atoms with Crippen molar-refractivity contribution >= 4 is 16.7 Å². The van der Waals surface area contributed by atoms with Crippen molar-refractivity contribution in [3.8, 4) is 0 Å². The van der Waals surface area contributed by atoms with Crippen LogP contribution in [-0.4, -0.2) is 16.9 Å². The molecule has 0 spiro atoms. The van der Waals surface area contributed by atoms with E-state index in [1.54, 1.807) is 0 Å². The van der Waals surface area contributed by atoms with Crippen LogP contribution in [0.3, 0.4) is 0 Å². The molecule has 0 saturated heterocycles. The SMILES string of the molecule is CCn1cc(C(=O)CN)c2ccc(C)cc21. The summed E-state index contributed by atoms with van der Waals surface area (Å²) in [5.74, 6) is 0.000975. The predicted octanol–water partition coefficient (Wildman–Crippen LogP) is 2.11. The molecule has 3 nitrogen and oxygen atoms in total. The summed E-state index contributed by atoms with van der Waals surface area (Å²) >= 11 is 0. The number of nitrogens with two attached hydrogens (primary N) is 1. The fourth-order valence-electron chi connectivity index (χ4n) is 2.00. The van der Waals surface area contributed by atoms with E-state index in [0.717, 1.165) is 23.0 Å². The number of carbonyl (C=O) groups is 1. The minimum Gasteiger partial charge on any atom is -0.347 e. The molecule has 0 radical (unpaired) electrons. The molecular formula is C13H16N2O. The van der Waals surface area contributed by atoms with Gasteiger partial charge < -0.3 is 10.3 Å². The third-order valence-electron chi connectivity index (χ3n) is 2.86. The molecule has 0 aliphatic rings. The summed E-state index contributed by atoms with van der Waals surface area (Å²) in [5, 5.41) is 1.00. The van der Waals surface area contributed by atoms with Crippen molar-refractivity contribution < 1.29 is 4.79 Å². The average molecular weight is 216 g/mol. The zero-order valence-corrected chi connectivity index (χ0v) is 9.66. The molecule has 1 aromatic carbocycles. The van der Waals surface area contributed by atoms with Crippen molar-refractivity contribution in [1.29, 1.82) is 0 Å². The summed E-state index contributed by atoms with van der Waals surface area (Å²) in [4.78, 5) is 11.7. The zero-order chi connectivity index (χ0) is 11.7. The number of nitrogens with zero attached hydrogens (tertiary/aromatic N) is 1. The Morgan fingerprint density at radius 2 is 2.19 bits per heavy atom. The van der Waals surface area contributed by atoms with E-state index in [4.69, 9.17) is 5.73 Å². The lowest BCUT2D eigenvalue weighted by atomic mass is 10.1. The first kappa shape index (κ1) is 10.9. The van der Waals surface area contributed by atoms with Crippen molar-refractivity contribution in [2.75, 3.05) is 6.54 Å². The van der Waals surface area contributed by atoms with Crippen LogP contribution in [0.25, 0.3) is 10.9 Å². The minimum absolute atomic E-state index is 0.000975. The largest absolute Gasteiger partial charge is 0.347 e. The maximum absolute atomic E-state index is 11.7. The van der Waals surface area contributed by atoms with Gasteiger partial charge in [-0.05, 0) is 25.5 Å². The number of rotatable bonds is 3. The fourth-order valence-corrected chi connectivity index (χ4v) is 2.00. The van der Waals surface area contributed by atoms with E-state index in [-0.39, 0.29) is 12.3 Å². The highest BCUT2D eigenvalue weighted by Crippen LogP contribution is 2.23. The van der Waals surface area contributed by atoms with Crippen molar-refractivity contribution in [1.82, 2.24) is 4.57 Å². The van der Waals surface area contributed by atoms with Gasteiger partial charge in [-0.15, -0.1) is 0 Å². The van der Waals surface area contributed by atoms with Crippen LogP contribution in [0.4, 0.5) is 0 Å². The van der Waals surface area contributed by atoms with Crippen LogP contribution in [-0.2, 0) is 6.54 Å². The second kappa shape index (κ2) is 4.10. The molecule has 3 heteroatoms. The second-order valence-corrected chi connectivity index (χ2v) is 3.98. The topological polar surface area (TPSA) is 48.0 Å². The molecule has 2 rings (SSSR count). The Morgan fingerprint density at radius 1 is 1.44 bits per heavy atom. The van der Waals surface area contributed by atoms with Crippen molar-refractivity contribution in [3.63, 3.8) is 0 Å². The van der Waals surface area contributed by atoms with Crippen molar-refractivity contribution in [2.24, 2.45) is 5.73 Å². The third kappa shape index (κ3) is 1.63. The van der Waals surface area contributed by atoms with Crippen LogP contribution in [0.15, 0.2) is 24.4 Å². The molecule has 0 bridgehead atoms. The van der Waals surface area contributed by atoms with E-state index in [2.05, 4.69) is 24.5 Å². The number of carbonyl (C=O) groups excluding carboxylic acids is 1. The third-order valence-corrected chi connectivity index (χ3v) is 2.86. The van der Waals surface area contributed by atoms with Crippen LogP contribution in [0, 0.1) is 6.92 Å². The molecule has 2 aromatic rings. The number of aryl methyl sites for hydroxylation is 2. The van der Waals surface area contributed by atoms with Crippen LogP contribution in [0.2, 0.25) is 0 Å². The quantitative estimate of drug-likeness (QED) is 0.799. The number of benzene rings is 1. The maximum atomic E-state index is 11.7. The Hall–Kier alpha value is -1.61. The summed E-state index contributed by atoms with van der Waals surface area (Å²) in [6.07, 6.45) is 1.90. The second-order valence-electron chi connectivity index (χ2n) is 3.98. The summed E-state index contributed by atoms with van der Waals surface area (Å²) in [6, 6.07) is 6.13. The van der Waals surface area contributed by atoms with Gasteiger partial charge in [0, 0.05) is 29.2 Å². The maximum Gasteiger partial charge on any atom is 0.178 e. The van der Waals surface area contributed by atoms with Crippen LogP contribution >= 0.6 is 0 Å². The number of hydrogen-bond acceptors (Lipinski definition) is 2. The molecule has 0 saturated carbocycles. The molecule has 16 heavy (non-hydrogen) atoms. The molecule has 2 N–H and O–H groups in total. The first-order valence-electron chi connectivity index (χ1n) is 5.50. The van der Waals surface area contributed by atoms with E-state index in [1.807, 2.05) is 18.3 Å². The molecule has 84 valence electrons. The number of hydrogen-bond donors (Lipinski definition) is 1. The van der Waals surface area contributed by atoms with Crippen LogP contribution in [0.1, 0.15) is 22.8 Å². The lowest BCUT2D eigenvalue weighted by Crippen LogP contribution is -2.13. The van der Waals surface area contributed by atoms with Gasteiger partial charge in [-0.3, -0.25) is 4.79 Å². The predicted molar refractivity (Wildman–Crippen MR) is 65.7 cm³/mol. The van der Waals surface area contributed by atoms with Gasteiger partial charge in [0.1, 0.15) is 0 Å². The summed E-state index contributed by atoms with van der Waals surface area (Å²) < 4.78 is 2.09. The molecular weight excluding hydrogens is 200 g/mol. The van der Waals surface area contributed by atoms with E-state index < -0.39 is 0 Å². The Bertz CT molecular complexity index is 540. The average Bonchev–Trinajstić information content (AvgIpc) is 2.66. The Morgan fingerprint density at radius 3 is 2.81 bits per heavy atom. The van der Waals surface area contributed by atoms with E-state index in [0.29, 0.717) is 0 Å². The monoisotopic (exact) mass is 216 g/mol. The minimum atomic E-state index is 0.000975. The van der Waals surface area contributed by atoms with Gasteiger partial charge in [0.25, 0.3) is 0 Å².